The van der Waals surface area contributed by atoms with E-state index in [-0.39, 0.29) is 10.5 Å². The van der Waals surface area contributed by atoms with Crippen molar-refractivity contribution in [2.75, 3.05) is 11.6 Å². The quantitative estimate of drug-likeness (QED) is 0.665. The molecule has 28 heavy (non-hydrogen) atoms. The van der Waals surface area contributed by atoms with E-state index in [4.69, 9.17) is 14.3 Å². The predicted molar refractivity (Wildman–Crippen MR) is 104 cm³/mol. The minimum Gasteiger partial charge on any atom is -0.473 e. The van der Waals surface area contributed by atoms with Crippen LogP contribution in [0.1, 0.15) is 23.1 Å². The van der Waals surface area contributed by atoms with Gasteiger partial charge < -0.3 is 14.1 Å². The molecular weight excluding hydrogens is 380 g/mol. The molecule has 0 spiro atoms. The summed E-state index contributed by atoms with van der Waals surface area (Å²) in [5, 5.41) is 6.13. The van der Waals surface area contributed by atoms with Gasteiger partial charge in [-0.3, -0.25) is 0 Å². The van der Waals surface area contributed by atoms with Crippen molar-refractivity contribution < 1.29 is 17.6 Å². The van der Waals surface area contributed by atoms with E-state index in [1.807, 2.05) is 17.0 Å². The first-order valence-electron chi connectivity index (χ1n) is 9.03. The van der Waals surface area contributed by atoms with Crippen LogP contribution in [0.25, 0.3) is 11.0 Å². The second-order valence-electron chi connectivity index (χ2n) is 7.13. The molecule has 0 bridgehead atoms. The molecule has 1 aliphatic carbocycles. The molecule has 5 rings (SSSR count). The van der Waals surface area contributed by atoms with Gasteiger partial charge in [0.1, 0.15) is 11.3 Å². The number of aryl methyl sites for hydroxylation is 1. The van der Waals surface area contributed by atoms with Crippen LogP contribution in [0.5, 0.6) is 5.75 Å². The number of ether oxygens (including phenoxy) is 1. The molecular formula is C20H18N2O5S. The molecule has 0 fully saturated rings. The monoisotopic (exact) mass is 398 g/mol. The zero-order valence-electron chi connectivity index (χ0n) is 15.0. The van der Waals surface area contributed by atoms with Gasteiger partial charge in [-0.05, 0) is 61.2 Å². The smallest absolute Gasteiger partial charge is 0.339 e. The maximum atomic E-state index is 12.4. The van der Waals surface area contributed by atoms with Crippen molar-refractivity contribution in [2.45, 2.75) is 30.7 Å². The number of primary sulfonamides is 1. The summed E-state index contributed by atoms with van der Waals surface area (Å²) in [6.45, 7) is 0.797. The summed E-state index contributed by atoms with van der Waals surface area (Å²) >= 11 is 0. The first-order valence-corrected chi connectivity index (χ1v) is 10.6. The second kappa shape index (κ2) is 6.08. The van der Waals surface area contributed by atoms with Crippen LogP contribution in [0.15, 0.2) is 50.5 Å². The van der Waals surface area contributed by atoms with Gasteiger partial charge in [0, 0.05) is 16.6 Å². The van der Waals surface area contributed by atoms with E-state index in [0.29, 0.717) is 24.6 Å². The SMILES string of the molecule is NS(=O)(=O)c1ccc(N2COc3ccc4c5c(c(=O)oc4c3C2)CCC5)cc1. The molecule has 144 valence electrons. The van der Waals surface area contributed by atoms with Gasteiger partial charge in [0.25, 0.3) is 0 Å². The van der Waals surface area contributed by atoms with Crippen LogP contribution in [-0.2, 0) is 29.4 Å². The third-order valence-corrected chi connectivity index (χ3v) is 6.39. The van der Waals surface area contributed by atoms with Gasteiger partial charge in [0.05, 0.1) is 17.0 Å². The van der Waals surface area contributed by atoms with Gasteiger partial charge in [0.2, 0.25) is 10.0 Å². The number of anilines is 1. The first-order chi connectivity index (χ1) is 13.4. The van der Waals surface area contributed by atoms with Gasteiger partial charge in [-0.15, -0.1) is 0 Å². The van der Waals surface area contributed by atoms with Gasteiger partial charge >= 0.3 is 5.63 Å². The number of fused-ring (bicyclic) bond motifs is 5. The van der Waals surface area contributed by atoms with Crippen molar-refractivity contribution in [3.05, 3.63) is 63.5 Å². The van der Waals surface area contributed by atoms with E-state index >= 15 is 0 Å². The lowest BCUT2D eigenvalue weighted by Gasteiger charge is -2.31. The zero-order chi connectivity index (χ0) is 19.5. The Bertz CT molecular complexity index is 1260. The Labute approximate surface area is 161 Å². The Morgan fingerprint density at radius 2 is 1.71 bits per heavy atom. The average molecular weight is 398 g/mol. The van der Waals surface area contributed by atoms with Crippen LogP contribution in [0.2, 0.25) is 0 Å². The summed E-state index contributed by atoms with van der Waals surface area (Å²) < 4.78 is 34.5. The maximum Gasteiger partial charge on any atom is 0.339 e. The molecule has 0 amide bonds. The van der Waals surface area contributed by atoms with E-state index in [2.05, 4.69) is 0 Å². The second-order valence-corrected chi connectivity index (χ2v) is 8.69. The van der Waals surface area contributed by atoms with Crippen molar-refractivity contribution in [3.8, 4) is 5.75 Å². The molecule has 0 atom stereocenters. The molecule has 2 aromatic carbocycles. The lowest BCUT2D eigenvalue weighted by atomic mass is 10.0. The summed E-state index contributed by atoms with van der Waals surface area (Å²) in [5.41, 5.74) is 3.81. The highest BCUT2D eigenvalue weighted by molar-refractivity contribution is 7.89. The lowest BCUT2D eigenvalue weighted by Crippen LogP contribution is -2.32. The number of nitrogens with zero attached hydrogens (tertiary/aromatic N) is 1. The summed E-state index contributed by atoms with van der Waals surface area (Å²) in [4.78, 5) is 14.4. The number of benzene rings is 2. The van der Waals surface area contributed by atoms with Crippen LogP contribution >= 0.6 is 0 Å². The molecule has 0 unspecified atom stereocenters. The van der Waals surface area contributed by atoms with Crippen molar-refractivity contribution >= 4 is 26.7 Å². The lowest BCUT2D eigenvalue weighted by molar-refractivity contribution is 0.289. The molecule has 0 saturated heterocycles. The van der Waals surface area contributed by atoms with E-state index in [0.717, 1.165) is 47.0 Å². The Morgan fingerprint density at radius 3 is 2.46 bits per heavy atom. The molecule has 7 nitrogen and oxygen atoms in total. The molecule has 1 aromatic heterocycles. The third kappa shape index (κ3) is 2.68. The standard InChI is InChI=1S/C20H18N2O5S/c21-28(24,25)13-6-4-12(5-7-13)22-10-17-18(26-11-22)9-8-15-14-2-1-3-16(14)20(23)27-19(15)17/h4-9H,1-3,10-11H2,(H2,21,24,25). The number of sulfonamides is 1. The van der Waals surface area contributed by atoms with Crippen LogP contribution in [0.3, 0.4) is 0 Å². The van der Waals surface area contributed by atoms with Gasteiger partial charge in [-0.1, -0.05) is 0 Å². The maximum absolute atomic E-state index is 12.4. The predicted octanol–water partition coefficient (Wildman–Crippen LogP) is 2.29. The molecule has 0 radical (unpaired) electrons. The molecule has 0 saturated carbocycles. The van der Waals surface area contributed by atoms with Crippen molar-refractivity contribution in [1.82, 2.24) is 0 Å². The summed E-state index contributed by atoms with van der Waals surface area (Å²) in [6.07, 6.45) is 2.62. The zero-order valence-corrected chi connectivity index (χ0v) is 15.8. The number of hydrogen-bond acceptors (Lipinski definition) is 6. The molecule has 2 aliphatic rings. The Hall–Kier alpha value is -2.84. The number of hydrogen-bond donors (Lipinski definition) is 1. The van der Waals surface area contributed by atoms with E-state index < -0.39 is 10.0 Å². The Morgan fingerprint density at radius 1 is 0.964 bits per heavy atom. The molecule has 2 N–H and O–H groups in total. The van der Waals surface area contributed by atoms with E-state index in [9.17, 15) is 13.2 Å². The third-order valence-electron chi connectivity index (χ3n) is 5.46. The summed E-state index contributed by atoms with van der Waals surface area (Å²) in [6, 6.07) is 10.2. The van der Waals surface area contributed by atoms with E-state index in [1.54, 1.807) is 12.1 Å². The normalized spacial score (nSPS) is 16.0. The minimum absolute atomic E-state index is 0.0570. The minimum atomic E-state index is -3.74. The van der Waals surface area contributed by atoms with Crippen LogP contribution in [-0.4, -0.2) is 15.1 Å². The van der Waals surface area contributed by atoms with Crippen LogP contribution in [0.4, 0.5) is 5.69 Å². The van der Waals surface area contributed by atoms with Gasteiger partial charge in [-0.2, -0.15) is 0 Å². The first kappa shape index (κ1) is 17.3. The molecule has 2 heterocycles. The van der Waals surface area contributed by atoms with E-state index in [1.165, 1.54) is 12.1 Å². The largest absolute Gasteiger partial charge is 0.473 e. The summed E-state index contributed by atoms with van der Waals surface area (Å²) in [7, 11) is -3.74. The molecule has 8 heteroatoms. The van der Waals surface area contributed by atoms with Gasteiger partial charge in [0.15, 0.2) is 6.73 Å². The fourth-order valence-electron chi connectivity index (χ4n) is 4.07. The van der Waals surface area contributed by atoms with Crippen molar-refractivity contribution in [3.63, 3.8) is 0 Å². The molecule has 3 aromatic rings. The van der Waals surface area contributed by atoms with Crippen molar-refractivity contribution in [2.24, 2.45) is 5.14 Å². The van der Waals surface area contributed by atoms with Crippen molar-refractivity contribution in [1.29, 1.82) is 0 Å². The highest BCUT2D eigenvalue weighted by atomic mass is 32.2. The highest BCUT2D eigenvalue weighted by Crippen LogP contribution is 2.37. The average Bonchev–Trinajstić information content (AvgIpc) is 3.18. The highest BCUT2D eigenvalue weighted by Gasteiger charge is 2.26. The fraction of sp³-hybridized carbons (Fsp3) is 0.250. The number of rotatable bonds is 2. The van der Waals surface area contributed by atoms with Crippen LogP contribution < -0.4 is 20.4 Å². The topological polar surface area (TPSA) is 103 Å². The summed E-state index contributed by atoms with van der Waals surface area (Å²) in [5.74, 6) is 0.700. The molecule has 1 aliphatic heterocycles. The fourth-order valence-corrected chi connectivity index (χ4v) is 4.58. The van der Waals surface area contributed by atoms with Crippen LogP contribution in [0, 0.1) is 0 Å². The Kier molecular flexibility index (Phi) is 3.75. The number of nitrogens with two attached hydrogens (primary N) is 1. The Balaban J connectivity index is 1.57. The van der Waals surface area contributed by atoms with Gasteiger partial charge in [-0.25, -0.2) is 18.4 Å².